The molecule has 0 spiro atoms. The first-order valence-corrected chi connectivity index (χ1v) is 8.88. The molecule has 1 aliphatic rings. The predicted molar refractivity (Wildman–Crippen MR) is 91.4 cm³/mol. The molecule has 4 nitrogen and oxygen atoms in total. The van der Waals surface area contributed by atoms with Crippen LogP contribution in [0.15, 0.2) is 40.8 Å². The Morgan fingerprint density at radius 3 is 2.96 bits per heavy atom. The van der Waals surface area contributed by atoms with Gasteiger partial charge in [-0.05, 0) is 29.8 Å². The van der Waals surface area contributed by atoms with Crippen LogP contribution < -0.4 is 4.74 Å². The number of nitrogens with zero attached hydrogens (tertiary/aromatic N) is 1. The number of thioether (sulfide) groups is 1. The lowest BCUT2D eigenvalue weighted by Gasteiger charge is -2.34. The van der Waals surface area contributed by atoms with Crippen molar-refractivity contribution in [1.29, 1.82) is 0 Å². The zero-order chi connectivity index (χ0) is 16.2. The van der Waals surface area contributed by atoms with E-state index in [1.807, 2.05) is 41.3 Å². The van der Waals surface area contributed by atoms with Gasteiger partial charge in [0, 0.05) is 25.1 Å². The Labute approximate surface area is 140 Å². The van der Waals surface area contributed by atoms with Crippen molar-refractivity contribution in [3.8, 4) is 5.75 Å². The molecule has 2 heterocycles. The van der Waals surface area contributed by atoms with Crippen LogP contribution in [0, 0.1) is 0 Å². The van der Waals surface area contributed by atoms with Crippen LogP contribution in [0.3, 0.4) is 0 Å². The average molecular weight is 331 g/mol. The molecule has 0 aliphatic carbocycles. The van der Waals surface area contributed by atoms with Crippen LogP contribution in [-0.4, -0.2) is 23.7 Å². The number of furan rings is 1. The summed E-state index contributed by atoms with van der Waals surface area (Å²) in [6, 6.07) is 11.8. The number of aryl methyl sites for hydroxylation is 1. The van der Waals surface area contributed by atoms with Crippen LogP contribution in [0.4, 0.5) is 0 Å². The maximum Gasteiger partial charge on any atom is 0.224 e. The van der Waals surface area contributed by atoms with Crippen molar-refractivity contribution < 1.29 is 13.9 Å². The summed E-state index contributed by atoms with van der Waals surface area (Å²) in [7, 11) is 1.65. The summed E-state index contributed by atoms with van der Waals surface area (Å²) >= 11 is 1.76. The van der Waals surface area contributed by atoms with E-state index in [9.17, 15) is 4.79 Å². The molecular formula is C18H21NO3S. The van der Waals surface area contributed by atoms with E-state index in [2.05, 4.69) is 6.92 Å². The molecule has 0 N–H and O–H groups in total. The van der Waals surface area contributed by atoms with Crippen LogP contribution in [0.1, 0.15) is 35.8 Å². The number of methoxy groups -OCH3 is 1. The number of rotatable bonds is 5. The molecular weight excluding hydrogens is 310 g/mol. The minimum Gasteiger partial charge on any atom is -0.497 e. The van der Waals surface area contributed by atoms with Crippen molar-refractivity contribution in [1.82, 2.24) is 4.90 Å². The minimum absolute atomic E-state index is 0.0530. The number of carbonyl (C=O) groups is 1. The molecule has 1 saturated heterocycles. The van der Waals surface area contributed by atoms with Gasteiger partial charge in [-0.3, -0.25) is 4.79 Å². The van der Waals surface area contributed by atoms with E-state index in [1.165, 1.54) is 0 Å². The molecule has 3 rings (SSSR count). The van der Waals surface area contributed by atoms with Gasteiger partial charge in [0.2, 0.25) is 5.91 Å². The fraction of sp³-hybridized carbons (Fsp3) is 0.389. The Morgan fingerprint density at radius 1 is 1.35 bits per heavy atom. The van der Waals surface area contributed by atoms with Crippen molar-refractivity contribution in [2.75, 3.05) is 12.9 Å². The molecule has 0 saturated carbocycles. The fourth-order valence-electron chi connectivity index (χ4n) is 2.71. The van der Waals surface area contributed by atoms with Crippen LogP contribution >= 0.6 is 11.8 Å². The maximum absolute atomic E-state index is 12.5. The molecule has 1 atom stereocenters. The lowest BCUT2D eigenvalue weighted by molar-refractivity contribution is -0.133. The zero-order valence-electron chi connectivity index (χ0n) is 13.5. The molecule has 2 aromatic rings. The molecule has 1 unspecified atom stereocenters. The van der Waals surface area contributed by atoms with Crippen molar-refractivity contribution in [2.45, 2.75) is 31.7 Å². The molecule has 0 bridgehead atoms. The van der Waals surface area contributed by atoms with E-state index in [0.717, 1.165) is 35.0 Å². The van der Waals surface area contributed by atoms with Gasteiger partial charge in [-0.15, -0.1) is 11.8 Å². The lowest BCUT2D eigenvalue weighted by Crippen LogP contribution is -2.36. The van der Waals surface area contributed by atoms with Gasteiger partial charge in [0.25, 0.3) is 0 Å². The quantitative estimate of drug-likeness (QED) is 0.830. The van der Waals surface area contributed by atoms with E-state index < -0.39 is 0 Å². The smallest absolute Gasteiger partial charge is 0.224 e. The molecule has 5 heteroatoms. The van der Waals surface area contributed by atoms with Gasteiger partial charge in [-0.1, -0.05) is 19.1 Å². The Bertz CT molecular complexity index is 682. The summed E-state index contributed by atoms with van der Waals surface area (Å²) in [4.78, 5) is 14.4. The van der Waals surface area contributed by atoms with Gasteiger partial charge < -0.3 is 14.1 Å². The number of amides is 1. The number of carbonyl (C=O) groups excluding carboxylic acids is 1. The number of ether oxygens (including phenoxy) is 1. The molecule has 0 radical (unpaired) electrons. The van der Waals surface area contributed by atoms with Gasteiger partial charge in [0.05, 0.1) is 7.11 Å². The van der Waals surface area contributed by atoms with Crippen LogP contribution in [-0.2, 0) is 17.8 Å². The maximum atomic E-state index is 12.5. The molecule has 1 aliphatic heterocycles. The number of hydrogen-bond donors (Lipinski definition) is 0. The third kappa shape index (κ3) is 3.55. The monoisotopic (exact) mass is 331 g/mol. The van der Waals surface area contributed by atoms with Crippen LogP contribution in [0.5, 0.6) is 5.75 Å². The highest BCUT2D eigenvalue weighted by molar-refractivity contribution is 7.99. The van der Waals surface area contributed by atoms with Gasteiger partial charge in [-0.2, -0.15) is 0 Å². The standard InChI is InChI=1S/C18H21NO3S/c1-3-14-7-8-16(22-14)18-19(17(20)9-10-23-18)12-13-5-4-6-15(11-13)21-2/h4-8,11,18H,3,9-10,12H2,1-2H3. The van der Waals surface area contributed by atoms with Gasteiger partial charge >= 0.3 is 0 Å². The summed E-state index contributed by atoms with van der Waals surface area (Å²) in [5.74, 6) is 3.64. The van der Waals surface area contributed by atoms with Crippen molar-refractivity contribution in [2.24, 2.45) is 0 Å². The molecule has 23 heavy (non-hydrogen) atoms. The minimum atomic E-state index is -0.0530. The largest absolute Gasteiger partial charge is 0.497 e. The first kappa shape index (κ1) is 16.0. The van der Waals surface area contributed by atoms with Gasteiger partial charge in [-0.25, -0.2) is 0 Å². The second-order valence-corrected chi connectivity index (χ2v) is 6.69. The average Bonchev–Trinajstić information content (AvgIpc) is 3.06. The first-order chi connectivity index (χ1) is 11.2. The van der Waals surface area contributed by atoms with Crippen LogP contribution in [0.25, 0.3) is 0 Å². The Balaban J connectivity index is 1.84. The Hall–Kier alpha value is -1.88. The third-order valence-electron chi connectivity index (χ3n) is 3.96. The van der Waals surface area contributed by atoms with Gasteiger partial charge in [0.15, 0.2) is 0 Å². The van der Waals surface area contributed by atoms with E-state index >= 15 is 0 Å². The lowest BCUT2D eigenvalue weighted by atomic mass is 10.2. The summed E-state index contributed by atoms with van der Waals surface area (Å²) in [5, 5.41) is -0.0530. The third-order valence-corrected chi connectivity index (χ3v) is 5.20. The van der Waals surface area contributed by atoms with E-state index in [4.69, 9.17) is 9.15 Å². The highest BCUT2D eigenvalue weighted by Gasteiger charge is 2.32. The van der Waals surface area contributed by atoms with Crippen molar-refractivity contribution in [3.05, 3.63) is 53.5 Å². The molecule has 1 amide bonds. The normalized spacial score (nSPS) is 18.3. The van der Waals surface area contributed by atoms with E-state index in [0.29, 0.717) is 13.0 Å². The summed E-state index contributed by atoms with van der Waals surface area (Å²) in [6.45, 7) is 2.63. The fourth-order valence-corrected chi connectivity index (χ4v) is 3.89. The van der Waals surface area contributed by atoms with E-state index in [-0.39, 0.29) is 11.3 Å². The second kappa shape index (κ2) is 7.13. The predicted octanol–water partition coefficient (Wildman–Crippen LogP) is 4.01. The molecule has 1 aromatic heterocycles. The summed E-state index contributed by atoms with van der Waals surface area (Å²) in [5.41, 5.74) is 1.06. The molecule has 1 aromatic carbocycles. The highest BCUT2D eigenvalue weighted by Crippen LogP contribution is 2.39. The second-order valence-electron chi connectivity index (χ2n) is 5.50. The topological polar surface area (TPSA) is 42.7 Å². The molecule has 122 valence electrons. The van der Waals surface area contributed by atoms with Crippen molar-refractivity contribution in [3.63, 3.8) is 0 Å². The zero-order valence-corrected chi connectivity index (χ0v) is 14.3. The number of hydrogen-bond acceptors (Lipinski definition) is 4. The highest BCUT2D eigenvalue weighted by atomic mass is 32.2. The summed E-state index contributed by atoms with van der Waals surface area (Å²) in [6.07, 6.45) is 1.44. The van der Waals surface area contributed by atoms with Gasteiger partial charge in [0.1, 0.15) is 22.6 Å². The van der Waals surface area contributed by atoms with Crippen LogP contribution in [0.2, 0.25) is 0 Å². The molecule has 1 fully saturated rings. The summed E-state index contributed by atoms with van der Waals surface area (Å²) < 4.78 is 11.2. The Morgan fingerprint density at radius 2 is 2.22 bits per heavy atom. The van der Waals surface area contributed by atoms with Crippen molar-refractivity contribution >= 4 is 17.7 Å². The van der Waals surface area contributed by atoms with E-state index in [1.54, 1.807) is 18.9 Å². The number of benzene rings is 1. The SMILES string of the molecule is CCc1ccc(C2SCCC(=O)N2Cc2cccc(OC)c2)o1. The first-order valence-electron chi connectivity index (χ1n) is 7.84. The Kier molecular flexibility index (Phi) is 4.96.